The molecule has 0 saturated heterocycles. The number of hydrogen-bond acceptors (Lipinski definition) is 3. The lowest BCUT2D eigenvalue weighted by Gasteiger charge is -2.20. The van der Waals surface area contributed by atoms with Crippen LogP contribution in [-0.2, 0) is 4.79 Å². The summed E-state index contributed by atoms with van der Waals surface area (Å²) in [5.74, 6) is 0.00791. The van der Waals surface area contributed by atoms with E-state index < -0.39 is 6.10 Å². The van der Waals surface area contributed by atoms with Gasteiger partial charge in [-0.15, -0.1) is 0 Å². The van der Waals surface area contributed by atoms with Crippen LogP contribution in [0.1, 0.15) is 25.0 Å². The van der Waals surface area contributed by atoms with Crippen LogP contribution in [0.15, 0.2) is 18.2 Å². The summed E-state index contributed by atoms with van der Waals surface area (Å²) in [5, 5.41) is 12.6. The number of nitrogens with zero attached hydrogens (tertiary/aromatic N) is 1. The second-order valence-electron chi connectivity index (χ2n) is 4.23. The Labute approximate surface area is 113 Å². The Morgan fingerprint density at radius 3 is 2.72 bits per heavy atom. The van der Waals surface area contributed by atoms with Gasteiger partial charge in [0, 0.05) is 37.8 Å². The van der Waals surface area contributed by atoms with Crippen molar-refractivity contribution < 1.29 is 9.90 Å². The number of aliphatic hydroxyl groups is 1. The molecule has 1 aromatic rings. The lowest BCUT2D eigenvalue weighted by atomic mass is 10.1. The zero-order valence-corrected chi connectivity index (χ0v) is 11.7. The van der Waals surface area contributed by atoms with Crippen molar-refractivity contribution >= 4 is 23.2 Å². The van der Waals surface area contributed by atoms with Crippen LogP contribution < -0.4 is 10.2 Å². The molecule has 0 aliphatic rings. The summed E-state index contributed by atoms with van der Waals surface area (Å²) in [5.41, 5.74) is 1.63. The van der Waals surface area contributed by atoms with E-state index in [0.29, 0.717) is 23.6 Å². The highest BCUT2D eigenvalue weighted by molar-refractivity contribution is 6.31. The number of carbonyl (C=O) groups excluding carboxylic acids is 1. The summed E-state index contributed by atoms with van der Waals surface area (Å²) in [6, 6.07) is 5.49. The van der Waals surface area contributed by atoms with Crippen LogP contribution in [-0.4, -0.2) is 31.7 Å². The molecule has 0 fully saturated rings. The molecule has 0 radical (unpaired) electrons. The van der Waals surface area contributed by atoms with Gasteiger partial charge in [0.05, 0.1) is 6.10 Å². The molecule has 100 valence electrons. The molecular formula is C13H19ClN2O2. The molecule has 1 aromatic carbocycles. The third-order valence-corrected chi connectivity index (χ3v) is 3.16. The predicted molar refractivity (Wildman–Crippen MR) is 74.0 cm³/mol. The summed E-state index contributed by atoms with van der Waals surface area (Å²) in [6.45, 7) is 2.29. The topological polar surface area (TPSA) is 52.6 Å². The van der Waals surface area contributed by atoms with Gasteiger partial charge in [-0.1, -0.05) is 17.7 Å². The minimum Gasteiger partial charge on any atom is -0.389 e. The minimum absolute atomic E-state index is 0.00791. The van der Waals surface area contributed by atoms with Gasteiger partial charge in [-0.25, -0.2) is 0 Å². The van der Waals surface area contributed by atoms with Crippen molar-refractivity contribution in [3.63, 3.8) is 0 Å². The van der Waals surface area contributed by atoms with E-state index in [4.69, 9.17) is 11.6 Å². The van der Waals surface area contributed by atoms with Crippen molar-refractivity contribution in [1.82, 2.24) is 5.32 Å². The number of aliphatic hydroxyl groups excluding tert-OH is 1. The predicted octanol–water partition coefficient (Wildman–Crippen LogP) is 1.97. The molecule has 0 aliphatic carbocycles. The Bertz CT molecular complexity index is 421. The average molecular weight is 271 g/mol. The molecule has 18 heavy (non-hydrogen) atoms. The van der Waals surface area contributed by atoms with Crippen molar-refractivity contribution in [3.8, 4) is 0 Å². The zero-order valence-electron chi connectivity index (χ0n) is 10.9. The Morgan fingerprint density at radius 2 is 2.22 bits per heavy atom. The molecular weight excluding hydrogens is 252 g/mol. The Morgan fingerprint density at radius 1 is 1.56 bits per heavy atom. The summed E-state index contributed by atoms with van der Waals surface area (Å²) in [4.78, 5) is 13.1. The number of carbonyl (C=O) groups is 1. The van der Waals surface area contributed by atoms with Crippen LogP contribution >= 0.6 is 11.6 Å². The van der Waals surface area contributed by atoms with Crippen LogP contribution in [0.25, 0.3) is 0 Å². The van der Waals surface area contributed by atoms with Crippen molar-refractivity contribution in [2.24, 2.45) is 0 Å². The third kappa shape index (κ3) is 3.89. The SMILES string of the molecule is CNC(=O)CCN(C)c1ccc(C(C)O)c(Cl)c1. The van der Waals surface area contributed by atoms with Gasteiger partial charge < -0.3 is 15.3 Å². The number of amides is 1. The molecule has 5 heteroatoms. The summed E-state index contributed by atoms with van der Waals surface area (Å²) < 4.78 is 0. The van der Waals surface area contributed by atoms with E-state index in [-0.39, 0.29) is 5.91 Å². The molecule has 2 N–H and O–H groups in total. The van der Waals surface area contributed by atoms with Crippen LogP contribution in [0.3, 0.4) is 0 Å². The highest BCUT2D eigenvalue weighted by atomic mass is 35.5. The first-order chi connectivity index (χ1) is 8.45. The highest BCUT2D eigenvalue weighted by Crippen LogP contribution is 2.27. The summed E-state index contributed by atoms with van der Waals surface area (Å²) >= 11 is 6.09. The number of rotatable bonds is 5. The average Bonchev–Trinajstić information content (AvgIpc) is 2.34. The lowest BCUT2D eigenvalue weighted by molar-refractivity contribution is -0.120. The number of anilines is 1. The molecule has 1 rings (SSSR count). The van der Waals surface area contributed by atoms with Gasteiger partial charge in [0.15, 0.2) is 0 Å². The molecule has 4 nitrogen and oxygen atoms in total. The van der Waals surface area contributed by atoms with E-state index in [1.165, 1.54) is 0 Å². The van der Waals surface area contributed by atoms with Gasteiger partial charge in [0.2, 0.25) is 5.91 Å². The van der Waals surface area contributed by atoms with Gasteiger partial charge in [-0.3, -0.25) is 4.79 Å². The molecule has 0 bridgehead atoms. The van der Waals surface area contributed by atoms with E-state index in [2.05, 4.69) is 5.32 Å². The lowest BCUT2D eigenvalue weighted by Crippen LogP contribution is -2.26. The normalized spacial score (nSPS) is 12.1. The highest BCUT2D eigenvalue weighted by Gasteiger charge is 2.09. The maximum Gasteiger partial charge on any atom is 0.221 e. The van der Waals surface area contributed by atoms with E-state index in [0.717, 1.165) is 5.69 Å². The standard InChI is InChI=1S/C13H19ClN2O2/c1-9(17)11-5-4-10(8-12(11)14)16(3)7-6-13(18)15-2/h4-5,8-9,17H,6-7H2,1-3H3,(H,15,18). The molecule has 0 aromatic heterocycles. The van der Waals surface area contributed by atoms with E-state index in [9.17, 15) is 9.90 Å². The third-order valence-electron chi connectivity index (χ3n) is 2.83. The van der Waals surface area contributed by atoms with Crippen LogP contribution in [0, 0.1) is 0 Å². The van der Waals surface area contributed by atoms with Gasteiger partial charge in [-0.2, -0.15) is 0 Å². The summed E-state index contributed by atoms with van der Waals surface area (Å²) in [6.07, 6.45) is -0.148. The zero-order chi connectivity index (χ0) is 13.7. The van der Waals surface area contributed by atoms with Crippen molar-refractivity contribution in [1.29, 1.82) is 0 Å². The number of halogens is 1. The fourth-order valence-corrected chi connectivity index (χ4v) is 1.95. The quantitative estimate of drug-likeness (QED) is 0.860. The second-order valence-corrected chi connectivity index (χ2v) is 4.63. The van der Waals surface area contributed by atoms with E-state index >= 15 is 0 Å². The number of benzene rings is 1. The smallest absolute Gasteiger partial charge is 0.221 e. The van der Waals surface area contributed by atoms with Crippen LogP contribution in [0.2, 0.25) is 5.02 Å². The largest absolute Gasteiger partial charge is 0.389 e. The molecule has 0 saturated carbocycles. The monoisotopic (exact) mass is 270 g/mol. The maximum atomic E-state index is 11.2. The van der Waals surface area contributed by atoms with Crippen molar-refractivity contribution in [2.75, 3.05) is 25.5 Å². The van der Waals surface area contributed by atoms with Crippen LogP contribution in [0.5, 0.6) is 0 Å². The first-order valence-corrected chi connectivity index (χ1v) is 6.22. The first-order valence-electron chi connectivity index (χ1n) is 5.85. The summed E-state index contributed by atoms with van der Waals surface area (Å²) in [7, 11) is 3.52. The maximum absolute atomic E-state index is 11.2. The Kier molecular flexibility index (Phi) is 5.44. The Hall–Kier alpha value is -1.26. The molecule has 1 amide bonds. The fraction of sp³-hybridized carbons (Fsp3) is 0.462. The van der Waals surface area contributed by atoms with Crippen molar-refractivity contribution in [2.45, 2.75) is 19.4 Å². The molecule has 0 heterocycles. The second kappa shape index (κ2) is 6.61. The van der Waals surface area contributed by atoms with Crippen molar-refractivity contribution in [3.05, 3.63) is 28.8 Å². The minimum atomic E-state index is -0.581. The number of nitrogens with one attached hydrogen (secondary N) is 1. The van der Waals surface area contributed by atoms with E-state index in [1.807, 2.05) is 18.0 Å². The number of hydrogen-bond donors (Lipinski definition) is 2. The first kappa shape index (κ1) is 14.8. The van der Waals surface area contributed by atoms with Gasteiger partial charge >= 0.3 is 0 Å². The molecule has 1 unspecified atom stereocenters. The molecule has 0 spiro atoms. The fourth-order valence-electron chi connectivity index (χ4n) is 1.62. The van der Waals surface area contributed by atoms with E-state index in [1.54, 1.807) is 26.1 Å². The van der Waals surface area contributed by atoms with Gasteiger partial charge in [-0.05, 0) is 24.6 Å². The van der Waals surface area contributed by atoms with Crippen LogP contribution in [0.4, 0.5) is 5.69 Å². The molecule has 0 aliphatic heterocycles. The van der Waals surface area contributed by atoms with Gasteiger partial charge in [0.25, 0.3) is 0 Å². The molecule has 1 atom stereocenters. The van der Waals surface area contributed by atoms with Gasteiger partial charge in [0.1, 0.15) is 0 Å². The Balaban J connectivity index is 2.72.